The van der Waals surface area contributed by atoms with Gasteiger partial charge in [-0.05, 0) is 59.2 Å². The van der Waals surface area contributed by atoms with Crippen LogP contribution in [0.25, 0.3) is 11.1 Å². The second-order valence-electron chi connectivity index (χ2n) is 14.8. The van der Waals surface area contributed by atoms with Crippen LogP contribution in [-0.4, -0.2) is 145 Å². The molecule has 1 amide bonds. The molecular weight excluding hydrogens is 846 g/mol. The van der Waals surface area contributed by atoms with E-state index in [0.717, 1.165) is 29.2 Å². The molecule has 19 nitrogen and oxygen atoms in total. The third-order valence-corrected chi connectivity index (χ3v) is 12.8. The fraction of sp³-hybridized carbons (Fsp3) is 0.341. The van der Waals surface area contributed by atoms with E-state index < -0.39 is 124 Å². The second kappa shape index (κ2) is 17.6. The quantitative estimate of drug-likeness (QED) is 0.0798. The molecule has 0 saturated carbocycles. The Labute approximate surface area is 350 Å². The number of sulfone groups is 1. The van der Waals surface area contributed by atoms with Crippen molar-refractivity contribution in [3.05, 3.63) is 114 Å². The summed E-state index contributed by atoms with van der Waals surface area (Å²) in [6, 6.07) is 20.9. The minimum absolute atomic E-state index is 0.0139. The molecule has 9 N–H and O–H groups in total. The SMILES string of the molecule is O=C(O)C1O[C@@H](Oc2cccc(-c3ccc([C@@H]4[C@@H](S(=O)(=O)C[C@H](O[C@@H]5OC(C(=O)O)[C@@H](O)C(O)C5O)c5ccc(F)cc5)C(=O)N4c4ccccc4)c(O)c3)c2)C(O)C(O)[C@@H]1O. The Morgan fingerprint density at radius 3 is 1.89 bits per heavy atom. The summed E-state index contributed by atoms with van der Waals surface area (Å²) in [4.78, 5) is 38.5. The highest BCUT2D eigenvalue weighted by atomic mass is 32.2. The number of anilines is 1. The van der Waals surface area contributed by atoms with Crippen LogP contribution in [0.15, 0.2) is 97.1 Å². The first kappa shape index (κ1) is 44.5. The van der Waals surface area contributed by atoms with Gasteiger partial charge in [0.25, 0.3) is 0 Å². The highest BCUT2D eigenvalue weighted by molar-refractivity contribution is 7.93. The predicted molar refractivity (Wildman–Crippen MR) is 207 cm³/mol. The van der Waals surface area contributed by atoms with Crippen LogP contribution in [0.1, 0.15) is 23.3 Å². The van der Waals surface area contributed by atoms with Gasteiger partial charge in [-0.15, -0.1) is 0 Å². The number of rotatable bonds is 13. The number of para-hydroxylation sites is 1. The van der Waals surface area contributed by atoms with E-state index in [0.29, 0.717) is 11.1 Å². The number of halogens is 1. The number of carbonyl (C=O) groups is 3. The minimum atomic E-state index is -4.72. The Kier molecular flexibility index (Phi) is 12.7. The van der Waals surface area contributed by atoms with Gasteiger partial charge in [-0.2, -0.15) is 0 Å². The van der Waals surface area contributed by atoms with Crippen molar-refractivity contribution < 1.29 is 92.1 Å². The number of phenols is 1. The number of carbonyl (C=O) groups excluding carboxylic acids is 1. The lowest BCUT2D eigenvalue weighted by molar-refractivity contribution is -0.303. The third-order valence-electron chi connectivity index (χ3n) is 10.8. The monoisotopic (exact) mass is 885 g/mol. The molecule has 13 atom stereocenters. The summed E-state index contributed by atoms with van der Waals surface area (Å²) in [5.74, 6) is -6.45. The molecule has 0 bridgehead atoms. The van der Waals surface area contributed by atoms with Gasteiger partial charge in [0.1, 0.15) is 53.9 Å². The van der Waals surface area contributed by atoms with Crippen molar-refractivity contribution in [3.63, 3.8) is 0 Å². The standard InChI is InChI=1S/C41H40FNO18S/c42-21-12-9-18(10-13-21)26(59-41-33(50)29(46)31(48)35(61-41)39(54)55)17-62(56,57)36-27(43(37(36)51)22-6-2-1-3-7-22)24-14-11-20(16-25(24)44)19-5-4-8-23(15-19)58-40-32(49)28(45)30(47)34(60-40)38(52)53/h1-16,26-36,40-41,44-50H,17H2,(H,52,53)(H,54,55)/t26-,27+,28?,29?,30-,31-,32?,33?,34?,35?,36+,40+,41+/m0/s1. The topological polar surface area (TPSA) is 308 Å². The Bertz CT molecular complexity index is 2410. The van der Waals surface area contributed by atoms with Gasteiger partial charge < -0.3 is 69.8 Å². The highest BCUT2D eigenvalue weighted by Gasteiger charge is 2.57. The summed E-state index contributed by atoms with van der Waals surface area (Å²) in [5, 5.41) is 90.4. The smallest absolute Gasteiger partial charge is 0.335 e. The summed E-state index contributed by atoms with van der Waals surface area (Å²) in [6.07, 6.45) is -21.4. The normalized spacial score (nSPS) is 30.6. The van der Waals surface area contributed by atoms with Crippen LogP contribution in [0.4, 0.5) is 10.1 Å². The Morgan fingerprint density at radius 2 is 1.29 bits per heavy atom. The average Bonchev–Trinajstić information content (AvgIpc) is 3.23. The number of β-lactam (4-membered cyclic amide) rings is 1. The van der Waals surface area contributed by atoms with Crippen LogP contribution >= 0.6 is 0 Å². The Morgan fingerprint density at radius 1 is 0.710 bits per heavy atom. The highest BCUT2D eigenvalue weighted by Crippen LogP contribution is 2.47. The molecule has 62 heavy (non-hydrogen) atoms. The maximum atomic E-state index is 14.5. The number of ether oxygens (including phenoxy) is 4. The van der Waals surface area contributed by atoms with E-state index >= 15 is 0 Å². The van der Waals surface area contributed by atoms with E-state index in [1.54, 1.807) is 36.4 Å². The van der Waals surface area contributed by atoms with Crippen LogP contribution in [0.5, 0.6) is 11.5 Å². The van der Waals surface area contributed by atoms with Crippen LogP contribution in [0.2, 0.25) is 0 Å². The van der Waals surface area contributed by atoms with Gasteiger partial charge >= 0.3 is 11.9 Å². The van der Waals surface area contributed by atoms with Crippen LogP contribution in [-0.2, 0) is 38.4 Å². The molecular formula is C41H40FNO18S. The molecule has 0 radical (unpaired) electrons. The van der Waals surface area contributed by atoms with Crippen molar-refractivity contribution in [2.75, 3.05) is 10.7 Å². The molecule has 0 aliphatic carbocycles. The number of carboxylic acid groups (broad SMARTS) is 2. The van der Waals surface area contributed by atoms with Gasteiger partial charge in [-0.1, -0.05) is 54.6 Å². The molecule has 330 valence electrons. The number of carboxylic acids is 2. The summed E-state index contributed by atoms with van der Waals surface area (Å²) in [6.45, 7) is 0. The molecule has 3 aliphatic rings. The summed E-state index contributed by atoms with van der Waals surface area (Å²) >= 11 is 0. The Hall–Kier alpha value is -5.59. The molecule has 6 unspecified atom stereocenters. The molecule has 3 aliphatic heterocycles. The van der Waals surface area contributed by atoms with Gasteiger partial charge in [-0.3, -0.25) is 4.79 Å². The second-order valence-corrected chi connectivity index (χ2v) is 17.0. The van der Waals surface area contributed by atoms with E-state index in [-0.39, 0.29) is 22.6 Å². The Balaban J connectivity index is 1.19. The lowest BCUT2D eigenvalue weighted by atomic mass is 9.90. The van der Waals surface area contributed by atoms with Gasteiger partial charge in [-0.25, -0.2) is 22.4 Å². The summed E-state index contributed by atoms with van der Waals surface area (Å²) < 4.78 is 64.9. The molecule has 4 aromatic carbocycles. The lowest BCUT2D eigenvalue weighted by Gasteiger charge is -2.47. The molecule has 7 rings (SSSR count). The zero-order valence-corrected chi connectivity index (χ0v) is 32.7. The van der Waals surface area contributed by atoms with E-state index in [1.165, 1.54) is 36.4 Å². The van der Waals surface area contributed by atoms with Crippen LogP contribution in [0.3, 0.4) is 0 Å². The molecule has 21 heteroatoms. The van der Waals surface area contributed by atoms with Gasteiger partial charge in [0.05, 0.1) is 17.9 Å². The number of aliphatic carboxylic acids is 2. The zero-order valence-electron chi connectivity index (χ0n) is 31.9. The first-order valence-electron chi connectivity index (χ1n) is 18.8. The molecule has 4 aromatic rings. The van der Waals surface area contributed by atoms with Crippen LogP contribution < -0.4 is 9.64 Å². The lowest BCUT2D eigenvalue weighted by Crippen LogP contribution is -2.63. The summed E-state index contributed by atoms with van der Waals surface area (Å²) in [5.41, 5.74) is 0.957. The molecule has 3 saturated heterocycles. The third kappa shape index (κ3) is 8.59. The maximum Gasteiger partial charge on any atom is 0.335 e. The molecule has 0 aromatic heterocycles. The van der Waals surface area contributed by atoms with Crippen molar-refractivity contribution >= 4 is 33.4 Å². The van der Waals surface area contributed by atoms with Crippen molar-refractivity contribution in [2.24, 2.45) is 0 Å². The minimum Gasteiger partial charge on any atom is -0.508 e. The van der Waals surface area contributed by atoms with E-state index in [2.05, 4.69) is 0 Å². The number of benzene rings is 4. The molecule has 3 fully saturated rings. The van der Waals surface area contributed by atoms with Crippen molar-refractivity contribution in [1.82, 2.24) is 0 Å². The number of aromatic hydroxyl groups is 1. The van der Waals surface area contributed by atoms with Gasteiger partial charge in [0.2, 0.25) is 12.2 Å². The van der Waals surface area contributed by atoms with E-state index in [4.69, 9.17) is 18.9 Å². The van der Waals surface area contributed by atoms with E-state index in [9.17, 15) is 73.2 Å². The first-order chi connectivity index (χ1) is 29.4. The first-order valence-corrected chi connectivity index (χ1v) is 20.5. The number of nitrogens with zero attached hydrogens (tertiary/aromatic N) is 1. The van der Waals surface area contributed by atoms with Gasteiger partial charge in [0.15, 0.2) is 33.6 Å². The summed E-state index contributed by atoms with van der Waals surface area (Å²) in [7, 11) is -4.72. The fourth-order valence-corrected chi connectivity index (χ4v) is 9.51. The number of hydrogen-bond acceptors (Lipinski definition) is 16. The molecule has 0 spiro atoms. The molecule has 3 heterocycles. The number of aliphatic hydroxyl groups excluding tert-OH is 6. The van der Waals surface area contributed by atoms with Crippen molar-refractivity contribution in [2.45, 2.75) is 78.8 Å². The van der Waals surface area contributed by atoms with Crippen molar-refractivity contribution in [1.29, 1.82) is 0 Å². The van der Waals surface area contributed by atoms with Crippen molar-refractivity contribution in [3.8, 4) is 22.6 Å². The largest absolute Gasteiger partial charge is 0.508 e. The van der Waals surface area contributed by atoms with E-state index in [1.807, 2.05) is 0 Å². The number of amides is 1. The number of aliphatic hydroxyl groups is 6. The number of hydrogen-bond donors (Lipinski definition) is 9. The maximum absolute atomic E-state index is 14.5. The predicted octanol–water partition coefficient (Wildman–Crippen LogP) is -0.00930. The fourth-order valence-electron chi connectivity index (χ4n) is 7.53. The van der Waals surface area contributed by atoms with Gasteiger partial charge in [0, 0.05) is 11.3 Å². The average molecular weight is 886 g/mol. The van der Waals surface area contributed by atoms with Crippen LogP contribution in [0, 0.1) is 5.82 Å². The zero-order chi connectivity index (χ0) is 44.8. The number of phenolic OH excluding ortho intramolecular Hbond substituents is 1.